The Hall–Kier alpha value is -1.56. The summed E-state index contributed by atoms with van der Waals surface area (Å²) in [7, 11) is 0. The maximum atomic E-state index is 12.1. The minimum absolute atomic E-state index is 0.0157. The molecule has 0 aromatic rings. The Labute approximate surface area is 112 Å². The van der Waals surface area contributed by atoms with Crippen molar-refractivity contribution in [2.24, 2.45) is 4.99 Å². The first-order chi connectivity index (χ1) is 9.18. The van der Waals surface area contributed by atoms with Gasteiger partial charge in [0, 0.05) is 26.2 Å². The normalized spacial score (nSPS) is 24.3. The lowest BCUT2D eigenvalue weighted by molar-refractivity contribution is -0.117. The fraction of sp³-hybridized carbons (Fsp3) is 0.692. The van der Waals surface area contributed by atoms with Gasteiger partial charge in [-0.15, -0.1) is 0 Å². The van der Waals surface area contributed by atoms with E-state index in [1.807, 2.05) is 0 Å². The van der Waals surface area contributed by atoms with Crippen LogP contribution in [0.1, 0.15) is 26.2 Å². The van der Waals surface area contributed by atoms with E-state index in [4.69, 9.17) is 4.74 Å². The summed E-state index contributed by atoms with van der Waals surface area (Å²) in [6.07, 6.45) is 3.04. The van der Waals surface area contributed by atoms with Crippen LogP contribution >= 0.6 is 0 Å². The third-order valence-electron chi connectivity index (χ3n) is 3.24. The van der Waals surface area contributed by atoms with E-state index >= 15 is 0 Å². The van der Waals surface area contributed by atoms with E-state index in [-0.39, 0.29) is 23.3 Å². The van der Waals surface area contributed by atoms with Crippen molar-refractivity contribution in [3.05, 3.63) is 11.3 Å². The van der Waals surface area contributed by atoms with Gasteiger partial charge in [-0.1, -0.05) is 0 Å². The number of carbonyl (C=O) groups is 1. The van der Waals surface area contributed by atoms with E-state index < -0.39 is 0 Å². The first-order valence-electron chi connectivity index (χ1n) is 6.77. The zero-order chi connectivity index (χ0) is 13.7. The van der Waals surface area contributed by atoms with Crippen LogP contribution in [0.25, 0.3) is 0 Å². The third kappa shape index (κ3) is 3.70. The number of amides is 1. The molecular weight excluding hydrogens is 246 g/mol. The number of aliphatic imine (C=N–C) groups is 1. The van der Waals surface area contributed by atoms with Gasteiger partial charge < -0.3 is 20.5 Å². The van der Waals surface area contributed by atoms with Crippen molar-refractivity contribution in [1.29, 1.82) is 0 Å². The van der Waals surface area contributed by atoms with Crippen LogP contribution in [-0.2, 0) is 9.53 Å². The van der Waals surface area contributed by atoms with Crippen molar-refractivity contribution >= 4 is 11.7 Å². The molecule has 1 fully saturated rings. The largest absolute Gasteiger partial charge is 0.512 e. The Balaban J connectivity index is 1.97. The molecule has 0 spiro atoms. The van der Waals surface area contributed by atoms with Gasteiger partial charge in [-0.3, -0.25) is 9.79 Å². The summed E-state index contributed by atoms with van der Waals surface area (Å²) >= 11 is 0. The zero-order valence-corrected chi connectivity index (χ0v) is 11.2. The molecule has 2 aliphatic rings. The molecule has 2 aliphatic heterocycles. The summed E-state index contributed by atoms with van der Waals surface area (Å²) in [5.41, 5.74) is 0.234. The second-order valence-electron chi connectivity index (χ2n) is 4.82. The van der Waals surface area contributed by atoms with Crippen molar-refractivity contribution < 1.29 is 14.6 Å². The summed E-state index contributed by atoms with van der Waals surface area (Å²) in [5.74, 6) is 0.165. The van der Waals surface area contributed by atoms with Crippen molar-refractivity contribution in [2.45, 2.75) is 32.3 Å². The van der Waals surface area contributed by atoms with Gasteiger partial charge in [0.2, 0.25) is 0 Å². The average Bonchev–Trinajstić information content (AvgIpc) is 2.90. The zero-order valence-electron chi connectivity index (χ0n) is 11.2. The molecule has 0 saturated carbocycles. The third-order valence-corrected chi connectivity index (χ3v) is 3.24. The van der Waals surface area contributed by atoms with Crippen molar-refractivity contribution in [3.63, 3.8) is 0 Å². The molecule has 3 N–H and O–H groups in total. The van der Waals surface area contributed by atoms with Crippen LogP contribution in [0.15, 0.2) is 16.3 Å². The van der Waals surface area contributed by atoms with Crippen molar-refractivity contribution in [3.8, 4) is 0 Å². The Kier molecular flexibility index (Phi) is 4.79. The Morgan fingerprint density at radius 3 is 3.00 bits per heavy atom. The minimum Gasteiger partial charge on any atom is -0.512 e. The van der Waals surface area contributed by atoms with Gasteiger partial charge in [0.25, 0.3) is 5.91 Å². The lowest BCUT2D eigenvalue weighted by atomic mass is 10.1. The molecule has 0 bridgehead atoms. The molecule has 0 aromatic carbocycles. The van der Waals surface area contributed by atoms with Gasteiger partial charge in [-0.05, 0) is 26.2 Å². The lowest BCUT2D eigenvalue weighted by Gasteiger charge is -2.18. The lowest BCUT2D eigenvalue weighted by Crippen LogP contribution is -2.40. The molecule has 106 valence electrons. The van der Waals surface area contributed by atoms with E-state index in [1.54, 1.807) is 0 Å². The first kappa shape index (κ1) is 13.9. The van der Waals surface area contributed by atoms with E-state index in [0.29, 0.717) is 18.9 Å². The number of carbonyl (C=O) groups excluding carboxylic acids is 1. The molecule has 0 radical (unpaired) electrons. The number of aliphatic hydroxyl groups excluding tert-OH is 1. The average molecular weight is 267 g/mol. The number of amidine groups is 1. The number of hydrogen-bond acceptors (Lipinski definition) is 5. The number of ether oxygens (including phenoxy) is 1. The number of aliphatic hydroxyl groups is 1. The highest BCUT2D eigenvalue weighted by Gasteiger charge is 2.23. The van der Waals surface area contributed by atoms with E-state index in [0.717, 1.165) is 32.4 Å². The van der Waals surface area contributed by atoms with Crippen LogP contribution in [0.2, 0.25) is 0 Å². The number of rotatable bonds is 4. The van der Waals surface area contributed by atoms with Crippen LogP contribution in [0.3, 0.4) is 0 Å². The SMILES string of the molecule is C/C(O)=C(/C(=O)NC[C@@H]1CCCO1)C1=NCCCN1. The van der Waals surface area contributed by atoms with Gasteiger partial charge >= 0.3 is 0 Å². The fourth-order valence-electron chi connectivity index (χ4n) is 2.24. The van der Waals surface area contributed by atoms with E-state index in [9.17, 15) is 9.90 Å². The number of nitrogens with one attached hydrogen (secondary N) is 2. The quantitative estimate of drug-likeness (QED) is 0.512. The summed E-state index contributed by atoms with van der Waals surface area (Å²) in [5, 5.41) is 15.5. The second-order valence-corrected chi connectivity index (χ2v) is 4.82. The summed E-state index contributed by atoms with van der Waals surface area (Å²) < 4.78 is 5.45. The molecule has 19 heavy (non-hydrogen) atoms. The fourth-order valence-corrected chi connectivity index (χ4v) is 2.24. The van der Waals surface area contributed by atoms with E-state index in [2.05, 4.69) is 15.6 Å². The van der Waals surface area contributed by atoms with Crippen molar-refractivity contribution in [2.75, 3.05) is 26.2 Å². The molecule has 0 aliphatic carbocycles. The highest BCUT2D eigenvalue weighted by molar-refractivity contribution is 6.21. The smallest absolute Gasteiger partial charge is 0.258 e. The molecule has 1 atom stereocenters. The van der Waals surface area contributed by atoms with Crippen LogP contribution < -0.4 is 10.6 Å². The van der Waals surface area contributed by atoms with Gasteiger partial charge in [0.1, 0.15) is 17.2 Å². The molecule has 2 rings (SSSR count). The van der Waals surface area contributed by atoms with Crippen LogP contribution in [-0.4, -0.2) is 49.2 Å². The van der Waals surface area contributed by atoms with E-state index in [1.165, 1.54) is 6.92 Å². The van der Waals surface area contributed by atoms with Crippen LogP contribution in [0, 0.1) is 0 Å². The first-order valence-corrected chi connectivity index (χ1v) is 6.77. The number of allylic oxidation sites excluding steroid dienone is 1. The molecular formula is C13H21N3O3. The minimum atomic E-state index is -0.302. The van der Waals surface area contributed by atoms with Gasteiger partial charge in [0.15, 0.2) is 0 Å². The summed E-state index contributed by atoms with van der Waals surface area (Å²) in [4.78, 5) is 16.4. The molecule has 6 nitrogen and oxygen atoms in total. The van der Waals surface area contributed by atoms with Gasteiger partial charge in [-0.2, -0.15) is 0 Å². The van der Waals surface area contributed by atoms with Gasteiger partial charge in [-0.25, -0.2) is 0 Å². The topological polar surface area (TPSA) is 83.0 Å². The van der Waals surface area contributed by atoms with Crippen LogP contribution in [0.5, 0.6) is 0 Å². The highest BCUT2D eigenvalue weighted by atomic mass is 16.5. The van der Waals surface area contributed by atoms with Gasteiger partial charge in [0.05, 0.1) is 6.10 Å². The molecule has 1 amide bonds. The van der Waals surface area contributed by atoms with Crippen molar-refractivity contribution in [1.82, 2.24) is 10.6 Å². The second kappa shape index (κ2) is 6.56. The molecule has 0 aromatic heterocycles. The monoisotopic (exact) mass is 267 g/mol. The Morgan fingerprint density at radius 1 is 1.58 bits per heavy atom. The maximum absolute atomic E-state index is 12.1. The highest BCUT2D eigenvalue weighted by Crippen LogP contribution is 2.11. The summed E-state index contributed by atoms with van der Waals surface area (Å²) in [6.45, 7) is 4.19. The van der Waals surface area contributed by atoms with Crippen LogP contribution in [0.4, 0.5) is 0 Å². The Bertz CT molecular complexity index is 394. The molecule has 0 unspecified atom stereocenters. The number of nitrogens with zero attached hydrogens (tertiary/aromatic N) is 1. The Morgan fingerprint density at radius 2 is 2.42 bits per heavy atom. The molecule has 2 heterocycles. The maximum Gasteiger partial charge on any atom is 0.258 e. The molecule has 6 heteroatoms. The predicted octanol–water partition coefficient (Wildman–Crippen LogP) is 0.505. The standard InChI is InChI=1S/C13H21N3O3/c1-9(17)11(12-14-5-3-6-15-12)13(18)16-8-10-4-2-7-19-10/h10,17H,2-8H2,1H3,(H,14,15)(H,16,18)/b11-9-/t10-/m0/s1. The predicted molar refractivity (Wildman–Crippen MR) is 72.2 cm³/mol. The molecule has 1 saturated heterocycles. The summed E-state index contributed by atoms with van der Waals surface area (Å²) in [6, 6.07) is 0. The number of hydrogen-bond donors (Lipinski definition) is 3.